The highest BCUT2D eigenvalue weighted by Crippen LogP contribution is 2.18. The zero-order chi connectivity index (χ0) is 12.4. The van der Waals surface area contributed by atoms with E-state index in [0.29, 0.717) is 18.5 Å². The molecular weight excluding hydrogens is 214 g/mol. The summed E-state index contributed by atoms with van der Waals surface area (Å²) in [6, 6.07) is 6.52. The summed E-state index contributed by atoms with van der Waals surface area (Å²) < 4.78 is 5.52. The van der Waals surface area contributed by atoms with Crippen molar-refractivity contribution in [2.45, 2.75) is 26.4 Å². The van der Waals surface area contributed by atoms with Crippen molar-refractivity contribution in [3.63, 3.8) is 0 Å². The average Bonchev–Trinajstić information content (AvgIpc) is 2.67. The van der Waals surface area contributed by atoms with E-state index in [9.17, 15) is 0 Å². The molecule has 0 aliphatic heterocycles. The molecule has 0 amide bonds. The van der Waals surface area contributed by atoms with Crippen molar-refractivity contribution in [2.75, 3.05) is 13.6 Å². The number of fused-ring (bicyclic) bond motifs is 1. The van der Waals surface area contributed by atoms with Gasteiger partial charge in [0.2, 0.25) is 0 Å². The second-order valence-electron chi connectivity index (χ2n) is 4.53. The van der Waals surface area contributed by atoms with E-state index < -0.39 is 0 Å². The predicted molar refractivity (Wildman–Crippen MR) is 68.7 cm³/mol. The van der Waals surface area contributed by atoms with Crippen LogP contribution in [0.4, 0.5) is 0 Å². The van der Waals surface area contributed by atoms with Gasteiger partial charge in [-0.05, 0) is 31.7 Å². The molecule has 0 spiro atoms. The second-order valence-corrected chi connectivity index (χ2v) is 4.53. The van der Waals surface area contributed by atoms with E-state index in [0.717, 1.165) is 17.6 Å². The molecule has 1 aromatic carbocycles. The Morgan fingerprint density at radius 3 is 2.94 bits per heavy atom. The van der Waals surface area contributed by atoms with Gasteiger partial charge in [0.1, 0.15) is 5.52 Å². The fraction of sp³-hybridized carbons (Fsp3) is 0.462. The number of nitrogens with zero attached hydrogens (tertiary/aromatic N) is 2. The van der Waals surface area contributed by atoms with Crippen molar-refractivity contribution >= 4 is 11.1 Å². The molecule has 2 aromatic rings. The van der Waals surface area contributed by atoms with E-state index in [-0.39, 0.29) is 0 Å². The van der Waals surface area contributed by atoms with Gasteiger partial charge in [-0.3, -0.25) is 4.90 Å². The quantitative estimate of drug-likeness (QED) is 0.876. The molecule has 1 unspecified atom stereocenters. The molecule has 0 fully saturated rings. The molecule has 1 heterocycles. The molecule has 2 N–H and O–H groups in total. The normalized spacial score (nSPS) is 13.5. The molecule has 0 aliphatic rings. The van der Waals surface area contributed by atoms with Crippen LogP contribution in [0.1, 0.15) is 18.4 Å². The largest absolute Gasteiger partial charge is 0.441 e. The van der Waals surface area contributed by atoms with Gasteiger partial charge in [-0.2, -0.15) is 0 Å². The van der Waals surface area contributed by atoms with E-state index in [4.69, 9.17) is 10.2 Å². The van der Waals surface area contributed by atoms with E-state index in [1.54, 1.807) is 0 Å². The van der Waals surface area contributed by atoms with Crippen molar-refractivity contribution in [2.24, 2.45) is 5.73 Å². The third-order valence-corrected chi connectivity index (χ3v) is 3.09. The van der Waals surface area contributed by atoms with Crippen LogP contribution in [0.2, 0.25) is 0 Å². The first-order valence-electron chi connectivity index (χ1n) is 5.86. The predicted octanol–water partition coefficient (Wildman–Crippen LogP) is 1.92. The number of likely N-dealkylation sites (N-methyl/N-ethyl adjacent to an activating group) is 1. The highest BCUT2D eigenvalue weighted by Gasteiger charge is 2.09. The number of hydrogen-bond donors (Lipinski definition) is 1. The molecule has 2 rings (SSSR count). The minimum absolute atomic E-state index is 0.377. The standard InChI is InChI=1S/C13H19N3O/c1-9(7-14)16(3)8-11-4-5-12-13(6-11)17-10(2)15-12/h4-6,9H,7-8,14H2,1-3H3. The Morgan fingerprint density at radius 2 is 2.24 bits per heavy atom. The second kappa shape index (κ2) is 4.85. The van der Waals surface area contributed by atoms with Gasteiger partial charge in [-0.1, -0.05) is 6.07 Å². The third kappa shape index (κ3) is 2.65. The Balaban J connectivity index is 2.18. The van der Waals surface area contributed by atoms with Gasteiger partial charge >= 0.3 is 0 Å². The Hall–Kier alpha value is -1.39. The van der Waals surface area contributed by atoms with Gasteiger partial charge in [-0.15, -0.1) is 0 Å². The first-order valence-corrected chi connectivity index (χ1v) is 5.86. The van der Waals surface area contributed by atoms with Gasteiger partial charge in [0, 0.05) is 26.1 Å². The summed E-state index contributed by atoms with van der Waals surface area (Å²) in [4.78, 5) is 6.51. The van der Waals surface area contributed by atoms with E-state index >= 15 is 0 Å². The smallest absolute Gasteiger partial charge is 0.192 e. The van der Waals surface area contributed by atoms with Crippen LogP contribution in [0.25, 0.3) is 11.1 Å². The van der Waals surface area contributed by atoms with Crippen LogP contribution < -0.4 is 5.73 Å². The first-order chi connectivity index (χ1) is 8.10. The van der Waals surface area contributed by atoms with Crippen molar-refractivity contribution in [1.29, 1.82) is 0 Å². The van der Waals surface area contributed by atoms with Crippen molar-refractivity contribution in [1.82, 2.24) is 9.88 Å². The maximum atomic E-state index is 5.65. The number of nitrogens with two attached hydrogens (primary N) is 1. The summed E-state index contributed by atoms with van der Waals surface area (Å²) in [5.41, 5.74) is 8.64. The Morgan fingerprint density at radius 1 is 1.47 bits per heavy atom. The van der Waals surface area contributed by atoms with Gasteiger partial charge in [0.25, 0.3) is 0 Å². The monoisotopic (exact) mass is 233 g/mol. The van der Waals surface area contributed by atoms with Crippen LogP contribution in [0.15, 0.2) is 22.6 Å². The van der Waals surface area contributed by atoms with E-state index in [1.807, 2.05) is 13.0 Å². The molecule has 0 aliphatic carbocycles. The van der Waals surface area contributed by atoms with Gasteiger partial charge < -0.3 is 10.2 Å². The molecule has 92 valence electrons. The van der Waals surface area contributed by atoms with E-state index in [2.05, 4.69) is 36.0 Å². The Kier molecular flexibility index (Phi) is 3.45. The Labute approximate surface area is 101 Å². The number of hydrogen-bond acceptors (Lipinski definition) is 4. The minimum atomic E-state index is 0.377. The topological polar surface area (TPSA) is 55.3 Å². The lowest BCUT2D eigenvalue weighted by molar-refractivity contribution is 0.255. The highest BCUT2D eigenvalue weighted by molar-refractivity contribution is 5.73. The summed E-state index contributed by atoms with van der Waals surface area (Å²) in [5.74, 6) is 0.709. The fourth-order valence-corrected chi connectivity index (χ4v) is 1.81. The molecule has 0 saturated heterocycles. The summed E-state index contributed by atoms with van der Waals surface area (Å²) in [6.45, 7) is 5.52. The molecule has 4 nitrogen and oxygen atoms in total. The molecule has 1 atom stereocenters. The molecule has 0 saturated carbocycles. The zero-order valence-electron chi connectivity index (χ0n) is 10.6. The summed E-state index contributed by atoms with van der Waals surface area (Å²) >= 11 is 0. The fourth-order valence-electron chi connectivity index (χ4n) is 1.81. The van der Waals surface area contributed by atoms with Crippen molar-refractivity contribution in [3.05, 3.63) is 29.7 Å². The molecule has 0 radical (unpaired) electrons. The summed E-state index contributed by atoms with van der Waals surface area (Å²) in [5, 5.41) is 0. The minimum Gasteiger partial charge on any atom is -0.441 e. The number of rotatable bonds is 4. The Bertz CT molecular complexity index is 506. The highest BCUT2D eigenvalue weighted by atomic mass is 16.3. The van der Waals surface area contributed by atoms with Crippen LogP contribution in [-0.4, -0.2) is 29.5 Å². The molecule has 4 heteroatoms. The number of aromatic nitrogens is 1. The maximum absolute atomic E-state index is 5.65. The number of oxazole rings is 1. The third-order valence-electron chi connectivity index (χ3n) is 3.09. The lowest BCUT2D eigenvalue weighted by atomic mass is 10.2. The van der Waals surface area contributed by atoms with Crippen LogP contribution in [0.5, 0.6) is 0 Å². The van der Waals surface area contributed by atoms with Crippen LogP contribution in [0.3, 0.4) is 0 Å². The summed E-state index contributed by atoms with van der Waals surface area (Å²) in [6.07, 6.45) is 0. The first kappa shape index (κ1) is 12.1. The van der Waals surface area contributed by atoms with Crippen molar-refractivity contribution in [3.8, 4) is 0 Å². The van der Waals surface area contributed by atoms with Gasteiger partial charge in [0.05, 0.1) is 0 Å². The molecule has 1 aromatic heterocycles. The molecule has 17 heavy (non-hydrogen) atoms. The number of benzene rings is 1. The molecular formula is C13H19N3O. The zero-order valence-corrected chi connectivity index (χ0v) is 10.6. The van der Waals surface area contributed by atoms with Crippen LogP contribution in [0, 0.1) is 6.92 Å². The number of aryl methyl sites for hydroxylation is 1. The SMILES string of the molecule is Cc1nc2ccc(CN(C)C(C)CN)cc2o1. The van der Waals surface area contributed by atoms with Crippen LogP contribution in [-0.2, 0) is 6.54 Å². The van der Waals surface area contributed by atoms with Gasteiger partial charge in [0.15, 0.2) is 11.5 Å². The van der Waals surface area contributed by atoms with Crippen molar-refractivity contribution < 1.29 is 4.42 Å². The van der Waals surface area contributed by atoms with Gasteiger partial charge in [-0.25, -0.2) is 4.98 Å². The van der Waals surface area contributed by atoms with E-state index in [1.165, 1.54) is 5.56 Å². The van der Waals surface area contributed by atoms with Crippen LogP contribution >= 0.6 is 0 Å². The summed E-state index contributed by atoms with van der Waals surface area (Å²) in [7, 11) is 2.08. The lowest BCUT2D eigenvalue weighted by Gasteiger charge is -2.23. The lowest BCUT2D eigenvalue weighted by Crippen LogP contribution is -2.34. The average molecular weight is 233 g/mol. The maximum Gasteiger partial charge on any atom is 0.192 e. The molecule has 0 bridgehead atoms.